The molecule has 0 saturated heterocycles. The molecule has 1 heterocycles. The summed E-state index contributed by atoms with van der Waals surface area (Å²) in [6.45, 7) is 11.8. The Morgan fingerprint density at radius 2 is 2.12 bits per heavy atom. The Kier molecular flexibility index (Phi) is 11.2. The average molecular weight is 443 g/mol. The average Bonchev–Trinajstić information content (AvgIpc) is 3.29. The number of aliphatic hydroxyl groups is 2. The molecule has 0 unspecified atom stereocenters. The Balaban J connectivity index is 2.08. The van der Waals surface area contributed by atoms with Crippen LogP contribution >= 0.6 is 0 Å². The van der Waals surface area contributed by atoms with Crippen LogP contribution in [-0.2, 0) is 9.53 Å². The number of ether oxygens (including phenoxy) is 1. The van der Waals surface area contributed by atoms with Crippen LogP contribution in [0.1, 0.15) is 46.0 Å². The number of hydrogen-bond donors (Lipinski definition) is 2. The third kappa shape index (κ3) is 8.97. The minimum Gasteiger partial charge on any atom is -0.496 e. The summed E-state index contributed by atoms with van der Waals surface area (Å²) in [4.78, 5) is 18.3. The van der Waals surface area contributed by atoms with Crippen LogP contribution < -0.4 is 0 Å². The van der Waals surface area contributed by atoms with Crippen molar-refractivity contribution in [2.24, 2.45) is 10.9 Å². The molecule has 0 saturated carbocycles. The van der Waals surface area contributed by atoms with Crippen molar-refractivity contribution in [3.8, 4) is 0 Å². The number of carbonyl (C=O) groups is 1. The third-order valence-electron chi connectivity index (χ3n) is 5.65. The summed E-state index contributed by atoms with van der Waals surface area (Å²) in [5, 5.41) is 20.1. The molecule has 0 aromatic carbocycles. The zero-order chi connectivity index (χ0) is 23.3. The van der Waals surface area contributed by atoms with E-state index in [2.05, 4.69) is 36.4 Å². The smallest absolute Gasteiger partial charge is 0.186 e. The Labute approximate surface area is 192 Å². The lowest BCUT2D eigenvalue weighted by Gasteiger charge is -2.17. The summed E-state index contributed by atoms with van der Waals surface area (Å²) < 4.78 is 5.97. The molecule has 3 atom stereocenters. The molecule has 176 valence electrons. The molecule has 32 heavy (non-hydrogen) atoms. The molecule has 0 amide bonds. The fourth-order valence-corrected chi connectivity index (χ4v) is 3.59. The highest BCUT2D eigenvalue weighted by Gasteiger charge is 2.21. The molecule has 0 radical (unpaired) electrons. The van der Waals surface area contributed by atoms with Gasteiger partial charge >= 0.3 is 0 Å². The number of rotatable bonds is 6. The first kappa shape index (κ1) is 25.8. The highest BCUT2D eigenvalue weighted by molar-refractivity contribution is 5.93. The van der Waals surface area contributed by atoms with E-state index in [-0.39, 0.29) is 6.42 Å². The molecule has 1 aliphatic carbocycles. The van der Waals surface area contributed by atoms with Gasteiger partial charge in [0.25, 0.3) is 0 Å². The fraction of sp³-hybridized carbons (Fsp3) is 0.538. The van der Waals surface area contributed by atoms with Crippen LogP contribution in [0.25, 0.3) is 0 Å². The monoisotopic (exact) mass is 442 g/mol. The summed E-state index contributed by atoms with van der Waals surface area (Å²) in [5.74, 6) is 0.776. The number of hydrogen-bond acceptors (Lipinski definition) is 6. The van der Waals surface area contributed by atoms with E-state index >= 15 is 0 Å². The first-order chi connectivity index (χ1) is 15.4. The Bertz CT molecular complexity index is 779. The van der Waals surface area contributed by atoms with Crippen molar-refractivity contribution in [1.29, 1.82) is 0 Å². The van der Waals surface area contributed by atoms with E-state index in [9.17, 15) is 15.0 Å². The molecule has 0 fully saturated rings. The highest BCUT2D eigenvalue weighted by atomic mass is 16.5. The first-order valence-corrected chi connectivity index (χ1v) is 11.6. The Morgan fingerprint density at radius 3 is 2.84 bits per heavy atom. The van der Waals surface area contributed by atoms with Crippen molar-refractivity contribution in [2.45, 2.75) is 58.2 Å². The van der Waals surface area contributed by atoms with Crippen LogP contribution in [0, 0.1) is 5.92 Å². The van der Waals surface area contributed by atoms with Crippen molar-refractivity contribution in [2.75, 3.05) is 26.2 Å². The molecule has 2 rings (SSSR count). The second kappa shape index (κ2) is 13.9. The number of aliphatic hydroxyl groups excluding tert-OH is 2. The summed E-state index contributed by atoms with van der Waals surface area (Å²) in [5.41, 5.74) is 2.17. The predicted molar refractivity (Wildman–Crippen MR) is 129 cm³/mol. The van der Waals surface area contributed by atoms with Gasteiger partial charge in [-0.15, -0.1) is 0 Å². The van der Waals surface area contributed by atoms with E-state index in [0.29, 0.717) is 25.4 Å². The van der Waals surface area contributed by atoms with Crippen molar-refractivity contribution in [1.82, 2.24) is 4.90 Å². The van der Waals surface area contributed by atoms with Gasteiger partial charge in [0.1, 0.15) is 12.7 Å². The SMILES string of the molecule is C=C1C[C@@H](C)C/C=C\C(=O)[C@@H](O)[C@@H](O)C/C=C/C/C1=C\C=C(/CC)OCCN1C=NCC1. The maximum absolute atomic E-state index is 12.0. The summed E-state index contributed by atoms with van der Waals surface area (Å²) >= 11 is 0. The van der Waals surface area contributed by atoms with E-state index in [1.54, 1.807) is 12.2 Å². The van der Waals surface area contributed by atoms with Gasteiger partial charge in [0, 0.05) is 13.0 Å². The van der Waals surface area contributed by atoms with E-state index in [4.69, 9.17) is 4.74 Å². The number of ketones is 1. The van der Waals surface area contributed by atoms with Crippen molar-refractivity contribution in [3.05, 3.63) is 59.9 Å². The maximum atomic E-state index is 12.0. The summed E-state index contributed by atoms with van der Waals surface area (Å²) in [6.07, 6.45) is 13.6. The second-order valence-electron chi connectivity index (χ2n) is 8.46. The van der Waals surface area contributed by atoms with Crippen LogP contribution in [0.3, 0.4) is 0 Å². The number of carbonyl (C=O) groups excluding carboxylic acids is 1. The molecular weight excluding hydrogens is 404 g/mol. The zero-order valence-electron chi connectivity index (χ0n) is 19.4. The van der Waals surface area contributed by atoms with Gasteiger partial charge in [0.05, 0.1) is 31.3 Å². The third-order valence-corrected chi connectivity index (χ3v) is 5.65. The maximum Gasteiger partial charge on any atom is 0.186 e. The number of aliphatic imine (C=N–C) groups is 1. The number of nitrogens with zero attached hydrogens (tertiary/aromatic N) is 2. The van der Waals surface area contributed by atoms with Gasteiger partial charge < -0.3 is 19.8 Å². The van der Waals surface area contributed by atoms with E-state index in [0.717, 1.165) is 49.4 Å². The quantitative estimate of drug-likeness (QED) is 0.484. The van der Waals surface area contributed by atoms with Crippen molar-refractivity contribution >= 4 is 12.1 Å². The Hall–Kier alpha value is -2.44. The molecule has 0 bridgehead atoms. The van der Waals surface area contributed by atoms with Gasteiger partial charge in [-0.1, -0.05) is 50.3 Å². The minimum absolute atomic E-state index is 0.218. The summed E-state index contributed by atoms with van der Waals surface area (Å²) in [6, 6.07) is 0. The van der Waals surface area contributed by atoms with Gasteiger partial charge in [0.15, 0.2) is 5.78 Å². The van der Waals surface area contributed by atoms with Gasteiger partial charge in [-0.25, -0.2) is 0 Å². The highest BCUT2D eigenvalue weighted by Crippen LogP contribution is 2.24. The van der Waals surface area contributed by atoms with E-state index < -0.39 is 18.0 Å². The fourth-order valence-electron chi connectivity index (χ4n) is 3.59. The van der Waals surface area contributed by atoms with Gasteiger partial charge in [-0.05, 0) is 49.3 Å². The molecule has 2 aliphatic rings. The predicted octanol–water partition coefficient (Wildman–Crippen LogP) is 3.74. The molecule has 0 spiro atoms. The van der Waals surface area contributed by atoms with Gasteiger partial charge in [0.2, 0.25) is 0 Å². The molecule has 6 heteroatoms. The van der Waals surface area contributed by atoms with Crippen LogP contribution in [0.5, 0.6) is 0 Å². The van der Waals surface area contributed by atoms with Crippen LogP contribution in [0.15, 0.2) is 64.9 Å². The lowest BCUT2D eigenvalue weighted by atomic mass is 9.91. The normalized spacial score (nSPS) is 29.2. The van der Waals surface area contributed by atoms with E-state index in [1.807, 2.05) is 18.5 Å². The largest absolute Gasteiger partial charge is 0.496 e. The van der Waals surface area contributed by atoms with Crippen molar-refractivity contribution in [3.63, 3.8) is 0 Å². The number of allylic oxidation sites excluding steroid dienone is 7. The van der Waals surface area contributed by atoms with E-state index in [1.165, 1.54) is 6.08 Å². The lowest BCUT2D eigenvalue weighted by Crippen LogP contribution is -2.32. The molecule has 2 N–H and O–H groups in total. The standard InChI is InChI=1S/C26H38N2O4/c1-4-23(32-17-16-28-15-14-27-19-28)13-12-22-9-5-6-10-24(29)26(31)25(30)11-7-8-20(2)18-21(22)3/h5-7,11-13,19-20,24,26,29,31H,3-4,8-10,14-18H2,1-2H3/b6-5+,11-7-,22-12+,23-13+/t20-,24-,26-/m0/s1. The van der Waals surface area contributed by atoms with Crippen LogP contribution in [0.2, 0.25) is 0 Å². The molecule has 1 aliphatic heterocycles. The topological polar surface area (TPSA) is 82.4 Å². The molecule has 0 aromatic rings. The minimum atomic E-state index is -1.39. The van der Waals surface area contributed by atoms with Crippen LogP contribution in [-0.4, -0.2) is 65.7 Å². The Morgan fingerprint density at radius 1 is 1.31 bits per heavy atom. The van der Waals surface area contributed by atoms with Gasteiger partial charge in [-0.3, -0.25) is 9.79 Å². The van der Waals surface area contributed by atoms with Crippen LogP contribution in [0.4, 0.5) is 0 Å². The first-order valence-electron chi connectivity index (χ1n) is 11.6. The zero-order valence-corrected chi connectivity index (χ0v) is 19.4. The van der Waals surface area contributed by atoms with Crippen molar-refractivity contribution < 1.29 is 19.7 Å². The second-order valence-corrected chi connectivity index (χ2v) is 8.46. The lowest BCUT2D eigenvalue weighted by molar-refractivity contribution is -0.127. The molecular formula is C26H38N2O4. The van der Waals surface area contributed by atoms with Gasteiger partial charge in [-0.2, -0.15) is 0 Å². The molecule has 6 nitrogen and oxygen atoms in total. The summed E-state index contributed by atoms with van der Waals surface area (Å²) in [7, 11) is 0. The molecule has 0 aromatic heterocycles.